The molecule has 1 saturated carbocycles. The van der Waals surface area contributed by atoms with Crippen molar-refractivity contribution < 1.29 is 0 Å². The lowest BCUT2D eigenvalue weighted by Crippen LogP contribution is -2.26. The molecule has 2 heterocycles. The van der Waals surface area contributed by atoms with Crippen molar-refractivity contribution in [3.05, 3.63) is 33.2 Å². The van der Waals surface area contributed by atoms with E-state index in [1.54, 1.807) is 12.5 Å². The van der Waals surface area contributed by atoms with Crippen LogP contribution in [0.4, 0.5) is 5.69 Å². The number of anilines is 1. The van der Waals surface area contributed by atoms with Gasteiger partial charge in [0.25, 0.3) is 5.56 Å². The maximum Gasteiger partial charge on any atom is 0.283 e. The standard InChI is InChI=1S/C13H17BrN6O/c1-8(12-18-15-7-19(12)2)17-10-5-16-20(6-9-3-4-9)13(21)11(10)14/h5,7-9,17H,3-4,6H2,1-2H3. The summed E-state index contributed by atoms with van der Waals surface area (Å²) >= 11 is 3.37. The SMILES string of the molecule is CC(Nc1cnn(CC2CC2)c(=O)c1Br)c1nncn1C. The van der Waals surface area contributed by atoms with E-state index in [4.69, 9.17) is 0 Å². The van der Waals surface area contributed by atoms with Gasteiger partial charge in [0, 0.05) is 13.6 Å². The minimum Gasteiger partial charge on any atom is -0.373 e. The summed E-state index contributed by atoms with van der Waals surface area (Å²) in [5, 5.41) is 15.4. The molecule has 0 spiro atoms. The van der Waals surface area contributed by atoms with Crippen LogP contribution in [0.2, 0.25) is 0 Å². The molecule has 0 amide bonds. The first-order valence-electron chi connectivity index (χ1n) is 6.92. The Kier molecular flexibility index (Phi) is 3.79. The molecule has 0 saturated heterocycles. The lowest BCUT2D eigenvalue weighted by molar-refractivity contribution is 0.531. The van der Waals surface area contributed by atoms with E-state index in [9.17, 15) is 4.79 Å². The van der Waals surface area contributed by atoms with Crippen LogP contribution in [-0.2, 0) is 13.6 Å². The first-order valence-corrected chi connectivity index (χ1v) is 7.71. The Hall–Kier alpha value is -1.70. The number of hydrogen-bond acceptors (Lipinski definition) is 5. The van der Waals surface area contributed by atoms with Crippen LogP contribution in [0.25, 0.3) is 0 Å². The molecule has 8 heteroatoms. The first-order chi connectivity index (χ1) is 10.1. The molecule has 0 aromatic carbocycles. The number of hydrogen-bond donors (Lipinski definition) is 1. The lowest BCUT2D eigenvalue weighted by Gasteiger charge is -2.15. The Balaban J connectivity index is 1.81. The molecule has 2 aromatic rings. The van der Waals surface area contributed by atoms with E-state index in [-0.39, 0.29) is 11.6 Å². The van der Waals surface area contributed by atoms with Gasteiger partial charge in [-0.2, -0.15) is 5.10 Å². The molecule has 3 rings (SSSR count). The van der Waals surface area contributed by atoms with Gasteiger partial charge in [0.2, 0.25) is 0 Å². The Labute approximate surface area is 130 Å². The number of aryl methyl sites for hydroxylation is 1. The van der Waals surface area contributed by atoms with Gasteiger partial charge in [-0.25, -0.2) is 4.68 Å². The molecule has 112 valence electrons. The monoisotopic (exact) mass is 352 g/mol. The second-order valence-electron chi connectivity index (χ2n) is 5.47. The van der Waals surface area contributed by atoms with Gasteiger partial charge in [0.05, 0.1) is 17.9 Å². The summed E-state index contributed by atoms with van der Waals surface area (Å²) in [7, 11) is 1.88. The van der Waals surface area contributed by atoms with E-state index in [1.165, 1.54) is 17.5 Å². The summed E-state index contributed by atoms with van der Waals surface area (Å²) in [5.41, 5.74) is 0.569. The van der Waals surface area contributed by atoms with Crippen LogP contribution in [0.3, 0.4) is 0 Å². The number of nitrogens with zero attached hydrogens (tertiary/aromatic N) is 5. The zero-order valence-corrected chi connectivity index (χ0v) is 13.5. The predicted octanol–water partition coefficient (Wildman–Crippen LogP) is 1.72. The number of rotatable bonds is 5. The second kappa shape index (κ2) is 5.59. The third-order valence-corrected chi connectivity index (χ3v) is 4.39. The Bertz CT molecular complexity index is 705. The summed E-state index contributed by atoms with van der Waals surface area (Å²) < 4.78 is 3.87. The van der Waals surface area contributed by atoms with Gasteiger partial charge in [-0.1, -0.05) is 0 Å². The van der Waals surface area contributed by atoms with Gasteiger partial charge in [0.1, 0.15) is 10.8 Å². The van der Waals surface area contributed by atoms with Crippen LogP contribution in [0.5, 0.6) is 0 Å². The zero-order chi connectivity index (χ0) is 15.0. The van der Waals surface area contributed by atoms with Crippen LogP contribution in [0.15, 0.2) is 21.8 Å². The van der Waals surface area contributed by atoms with Crippen LogP contribution in [0.1, 0.15) is 31.6 Å². The molecule has 1 unspecified atom stereocenters. The van der Waals surface area contributed by atoms with Crippen LogP contribution < -0.4 is 10.9 Å². The van der Waals surface area contributed by atoms with E-state index in [0.717, 1.165) is 5.82 Å². The minimum atomic E-state index is -0.0999. The summed E-state index contributed by atoms with van der Waals surface area (Å²) in [4.78, 5) is 12.3. The molecule has 1 atom stereocenters. The molecular formula is C13H17BrN6O. The van der Waals surface area contributed by atoms with Crippen molar-refractivity contribution in [2.45, 2.75) is 32.4 Å². The maximum atomic E-state index is 12.3. The first kappa shape index (κ1) is 14.2. The summed E-state index contributed by atoms with van der Waals surface area (Å²) in [6.07, 6.45) is 5.71. The van der Waals surface area contributed by atoms with Gasteiger partial charge >= 0.3 is 0 Å². The third-order valence-electron chi connectivity index (χ3n) is 3.62. The average Bonchev–Trinajstić information content (AvgIpc) is 3.17. The topological polar surface area (TPSA) is 77.6 Å². The van der Waals surface area contributed by atoms with E-state index in [0.29, 0.717) is 22.6 Å². The Morgan fingerprint density at radius 2 is 2.29 bits per heavy atom. The highest BCUT2D eigenvalue weighted by molar-refractivity contribution is 9.10. The normalized spacial score (nSPS) is 16.0. The Morgan fingerprint density at radius 3 is 2.90 bits per heavy atom. The molecular weight excluding hydrogens is 336 g/mol. The molecule has 0 bridgehead atoms. The summed E-state index contributed by atoms with van der Waals surface area (Å²) in [6, 6.07) is -0.0747. The van der Waals surface area contributed by atoms with Crippen molar-refractivity contribution in [2.75, 3.05) is 5.32 Å². The third kappa shape index (κ3) is 2.99. The van der Waals surface area contributed by atoms with Crippen molar-refractivity contribution in [3.8, 4) is 0 Å². The van der Waals surface area contributed by atoms with Gasteiger partial charge in [-0.05, 0) is 41.6 Å². The van der Waals surface area contributed by atoms with Gasteiger partial charge < -0.3 is 9.88 Å². The minimum absolute atomic E-state index is 0.0747. The molecule has 2 aromatic heterocycles. The van der Waals surface area contributed by atoms with Crippen molar-refractivity contribution >= 4 is 21.6 Å². The molecule has 0 radical (unpaired) electrons. The van der Waals surface area contributed by atoms with E-state index in [1.807, 2.05) is 18.5 Å². The highest BCUT2D eigenvalue weighted by atomic mass is 79.9. The molecule has 1 aliphatic rings. The fourth-order valence-electron chi connectivity index (χ4n) is 2.22. The van der Waals surface area contributed by atoms with Crippen molar-refractivity contribution in [2.24, 2.45) is 13.0 Å². The highest BCUT2D eigenvalue weighted by Crippen LogP contribution is 2.30. The van der Waals surface area contributed by atoms with E-state index >= 15 is 0 Å². The fraction of sp³-hybridized carbons (Fsp3) is 0.538. The van der Waals surface area contributed by atoms with Crippen LogP contribution in [0, 0.1) is 5.92 Å². The van der Waals surface area contributed by atoms with Gasteiger partial charge in [0.15, 0.2) is 5.82 Å². The second-order valence-corrected chi connectivity index (χ2v) is 6.26. The molecule has 1 aliphatic carbocycles. The Morgan fingerprint density at radius 1 is 1.52 bits per heavy atom. The molecule has 21 heavy (non-hydrogen) atoms. The zero-order valence-electron chi connectivity index (χ0n) is 12.0. The van der Waals surface area contributed by atoms with E-state index < -0.39 is 0 Å². The molecule has 1 N–H and O–H groups in total. The summed E-state index contributed by atoms with van der Waals surface area (Å²) in [5.74, 6) is 1.41. The number of halogens is 1. The molecule has 0 aliphatic heterocycles. The fourth-order valence-corrected chi connectivity index (χ4v) is 2.64. The maximum absolute atomic E-state index is 12.3. The van der Waals surface area contributed by atoms with Crippen LogP contribution in [-0.4, -0.2) is 24.5 Å². The quantitative estimate of drug-likeness (QED) is 0.886. The van der Waals surface area contributed by atoms with Crippen LogP contribution >= 0.6 is 15.9 Å². The van der Waals surface area contributed by atoms with Gasteiger partial charge in [-0.15, -0.1) is 10.2 Å². The van der Waals surface area contributed by atoms with Gasteiger partial charge in [-0.3, -0.25) is 4.79 Å². The highest BCUT2D eigenvalue weighted by Gasteiger charge is 2.23. The molecule has 1 fully saturated rings. The van der Waals surface area contributed by atoms with Crippen molar-refractivity contribution in [1.29, 1.82) is 0 Å². The van der Waals surface area contributed by atoms with E-state index in [2.05, 4.69) is 36.5 Å². The largest absolute Gasteiger partial charge is 0.373 e. The summed E-state index contributed by atoms with van der Waals surface area (Å²) in [6.45, 7) is 2.67. The number of aromatic nitrogens is 5. The van der Waals surface area contributed by atoms with Crippen molar-refractivity contribution in [3.63, 3.8) is 0 Å². The van der Waals surface area contributed by atoms with Crippen molar-refractivity contribution in [1.82, 2.24) is 24.5 Å². The predicted molar refractivity (Wildman–Crippen MR) is 82.0 cm³/mol. The smallest absolute Gasteiger partial charge is 0.283 e. The molecule has 7 nitrogen and oxygen atoms in total. The average molecular weight is 353 g/mol. The lowest BCUT2D eigenvalue weighted by atomic mass is 10.3. The number of nitrogens with one attached hydrogen (secondary N) is 1.